The lowest BCUT2D eigenvalue weighted by atomic mass is 9.62. The minimum absolute atomic E-state index is 0.104. The number of imide groups is 2. The molecule has 0 aromatic heterocycles. The number of nitrogens with zero attached hydrogens (tertiary/aromatic N) is 2. The number of rotatable bonds is 2. The van der Waals surface area contributed by atoms with Crippen molar-refractivity contribution >= 4 is 35.1 Å². The fraction of sp³-hybridized carbons (Fsp3) is 0.476. The van der Waals surface area contributed by atoms with Gasteiger partial charge in [0.15, 0.2) is 0 Å². The van der Waals surface area contributed by atoms with Gasteiger partial charge >= 0.3 is 0 Å². The number of benzene rings is 1. The van der Waals surface area contributed by atoms with E-state index in [2.05, 4.69) is 10.2 Å². The predicted molar refractivity (Wildman–Crippen MR) is 101 cm³/mol. The fourth-order valence-electron chi connectivity index (χ4n) is 5.03. The van der Waals surface area contributed by atoms with E-state index in [1.807, 2.05) is 6.07 Å². The number of amides is 4. The largest absolute Gasteiger partial charge is 0.371 e. The first-order chi connectivity index (χ1) is 13.9. The molecular formula is C21H21N3O5. The molecule has 1 unspecified atom stereocenters. The van der Waals surface area contributed by atoms with E-state index in [1.165, 1.54) is 0 Å². The summed E-state index contributed by atoms with van der Waals surface area (Å²) in [5.41, 5.74) is 1.63. The maximum absolute atomic E-state index is 12.9. The van der Waals surface area contributed by atoms with E-state index in [1.54, 1.807) is 12.1 Å². The lowest BCUT2D eigenvalue weighted by Gasteiger charge is -2.47. The lowest BCUT2D eigenvalue weighted by Crippen LogP contribution is -2.54. The van der Waals surface area contributed by atoms with Gasteiger partial charge in [-0.05, 0) is 42.9 Å². The van der Waals surface area contributed by atoms with Crippen LogP contribution in [0.4, 0.5) is 5.69 Å². The van der Waals surface area contributed by atoms with Gasteiger partial charge in [0.25, 0.3) is 11.8 Å². The Bertz CT molecular complexity index is 967. The van der Waals surface area contributed by atoms with E-state index in [0.717, 1.165) is 36.5 Å². The molecule has 5 rings (SSSR count). The second-order valence-corrected chi connectivity index (χ2v) is 8.56. The molecule has 1 aromatic rings. The molecule has 0 bridgehead atoms. The highest BCUT2D eigenvalue weighted by Gasteiger charge is 2.46. The van der Waals surface area contributed by atoms with E-state index in [9.17, 15) is 24.0 Å². The number of carbonyl (C=O) groups excluding carboxylic acids is 5. The number of piperidine rings is 2. The second kappa shape index (κ2) is 6.23. The molecule has 1 atom stereocenters. The van der Waals surface area contributed by atoms with Gasteiger partial charge in [-0.25, -0.2) is 0 Å². The van der Waals surface area contributed by atoms with Crippen LogP contribution in [0, 0.1) is 5.41 Å². The summed E-state index contributed by atoms with van der Waals surface area (Å²) < 4.78 is 0. The van der Waals surface area contributed by atoms with Crippen LogP contribution in [0.1, 0.15) is 59.2 Å². The molecule has 1 aliphatic carbocycles. The number of Topliss-reactive ketones (excluding diaryl/α,β-unsaturated/α-hetero) is 1. The number of anilines is 1. The number of hydrogen-bond acceptors (Lipinski definition) is 6. The Labute approximate surface area is 167 Å². The van der Waals surface area contributed by atoms with Crippen LogP contribution in [-0.2, 0) is 14.4 Å². The van der Waals surface area contributed by atoms with E-state index >= 15 is 0 Å². The van der Waals surface area contributed by atoms with Gasteiger partial charge in [0.1, 0.15) is 11.8 Å². The van der Waals surface area contributed by atoms with Crippen LogP contribution in [0.3, 0.4) is 0 Å². The van der Waals surface area contributed by atoms with Crippen molar-refractivity contribution in [1.29, 1.82) is 0 Å². The average Bonchev–Trinajstić information content (AvgIpc) is 2.92. The quantitative estimate of drug-likeness (QED) is 0.751. The molecule has 1 saturated carbocycles. The molecule has 8 heteroatoms. The molecular weight excluding hydrogens is 374 g/mol. The first-order valence-electron chi connectivity index (χ1n) is 9.99. The van der Waals surface area contributed by atoms with Crippen molar-refractivity contribution in [3.8, 4) is 0 Å². The molecule has 3 aliphatic heterocycles. The number of nitrogens with one attached hydrogen (secondary N) is 1. The van der Waals surface area contributed by atoms with Gasteiger partial charge in [-0.3, -0.25) is 34.2 Å². The molecule has 8 nitrogen and oxygen atoms in total. The normalized spacial score (nSPS) is 25.9. The standard InChI is InChI=1S/C21H21N3O5/c25-13-10-21(11-13)5-7-23(8-6-21)12-1-2-14-15(9-12)20(29)24(19(14)28)16-3-4-17(26)22-18(16)27/h1-2,9,16H,3-8,10-11H2,(H,22,26,27). The SMILES string of the molecule is O=C1CC2(CCN(c3ccc4c(c3)C(=O)N(C3CCC(=O)NC3=O)C4=O)CC2)C1. The molecule has 150 valence electrons. The van der Waals surface area contributed by atoms with Crippen molar-refractivity contribution in [2.45, 2.75) is 44.6 Å². The summed E-state index contributed by atoms with van der Waals surface area (Å²) in [5, 5.41) is 2.20. The summed E-state index contributed by atoms with van der Waals surface area (Å²) in [6, 6.07) is 4.26. The van der Waals surface area contributed by atoms with Crippen LogP contribution in [-0.4, -0.2) is 53.4 Å². The number of carbonyl (C=O) groups is 5. The summed E-state index contributed by atoms with van der Waals surface area (Å²) >= 11 is 0. The van der Waals surface area contributed by atoms with Crippen LogP contribution >= 0.6 is 0 Å². The summed E-state index contributed by atoms with van der Waals surface area (Å²) in [7, 11) is 0. The third-order valence-corrected chi connectivity index (χ3v) is 6.76. The van der Waals surface area contributed by atoms with E-state index in [-0.39, 0.29) is 24.2 Å². The first-order valence-corrected chi connectivity index (χ1v) is 9.99. The van der Waals surface area contributed by atoms with Crippen LogP contribution in [0.25, 0.3) is 0 Å². The summed E-state index contributed by atoms with van der Waals surface area (Å²) in [5.74, 6) is -1.63. The summed E-state index contributed by atoms with van der Waals surface area (Å²) in [4.78, 5) is 63.8. The molecule has 1 spiro atoms. The average molecular weight is 395 g/mol. The van der Waals surface area contributed by atoms with Gasteiger partial charge in [-0.2, -0.15) is 0 Å². The van der Waals surface area contributed by atoms with Crippen molar-refractivity contribution in [3.05, 3.63) is 29.3 Å². The Balaban J connectivity index is 1.35. The highest BCUT2D eigenvalue weighted by Crippen LogP contribution is 2.47. The topological polar surface area (TPSA) is 104 Å². The molecule has 3 heterocycles. The van der Waals surface area contributed by atoms with Crippen molar-refractivity contribution < 1.29 is 24.0 Å². The van der Waals surface area contributed by atoms with Crippen LogP contribution in [0.15, 0.2) is 18.2 Å². The van der Waals surface area contributed by atoms with Crippen molar-refractivity contribution in [3.63, 3.8) is 0 Å². The van der Waals surface area contributed by atoms with Gasteiger partial charge in [0, 0.05) is 38.0 Å². The highest BCUT2D eigenvalue weighted by molar-refractivity contribution is 6.23. The maximum Gasteiger partial charge on any atom is 0.262 e. The lowest BCUT2D eigenvalue weighted by molar-refractivity contribution is -0.136. The molecule has 2 saturated heterocycles. The third-order valence-electron chi connectivity index (χ3n) is 6.76. The number of ketones is 1. The minimum atomic E-state index is -0.949. The zero-order valence-electron chi connectivity index (χ0n) is 15.9. The molecule has 3 fully saturated rings. The van der Waals surface area contributed by atoms with Crippen molar-refractivity contribution in [2.24, 2.45) is 5.41 Å². The number of hydrogen-bond donors (Lipinski definition) is 1. The molecule has 1 aromatic carbocycles. The van der Waals surface area contributed by atoms with Gasteiger partial charge in [-0.15, -0.1) is 0 Å². The molecule has 0 radical (unpaired) electrons. The Hall–Kier alpha value is -3.03. The summed E-state index contributed by atoms with van der Waals surface area (Å²) in [6.07, 6.45) is 3.51. The molecule has 29 heavy (non-hydrogen) atoms. The minimum Gasteiger partial charge on any atom is -0.371 e. The van der Waals surface area contributed by atoms with Gasteiger partial charge in [0.05, 0.1) is 11.1 Å². The van der Waals surface area contributed by atoms with Crippen molar-refractivity contribution in [1.82, 2.24) is 10.2 Å². The highest BCUT2D eigenvalue weighted by atomic mass is 16.2. The number of fused-ring (bicyclic) bond motifs is 1. The van der Waals surface area contributed by atoms with Gasteiger partial charge < -0.3 is 4.90 Å². The maximum atomic E-state index is 12.9. The first kappa shape index (κ1) is 18.0. The monoisotopic (exact) mass is 395 g/mol. The Kier molecular flexibility index (Phi) is 3.88. The zero-order valence-corrected chi connectivity index (χ0v) is 15.9. The van der Waals surface area contributed by atoms with Crippen molar-refractivity contribution in [2.75, 3.05) is 18.0 Å². The summed E-state index contributed by atoms with van der Waals surface area (Å²) in [6.45, 7) is 1.62. The fourth-order valence-corrected chi connectivity index (χ4v) is 5.03. The van der Waals surface area contributed by atoms with Crippen LogP contribution in [0.5, 0.6) is 0 Å². The Morgan fingerprint density at radius 1 is 0.931 bits per heavy atom. The molecule has 4 amide bonds. The predicted octanol–water partition coefficient (Wildman–Crippen LogP) is 1.04. The van der Waals surface area contributed by atoms with Crippen LogP contribution in [0.2, 0.25) is 0 Å². The van der Waals surface area contributed by atoms with E-state index in [0.29, 0.717) is 29.8 Å². The van der Waals surface area contributed by atoms with Gasteiger partial charge in [0.2, 0.25) is 11.8 Å². The molecule has 4 aliphatic rings. The second-order valence-electron chi connectivity index (χ2n) is 8.56. The van der Waals surface area contributed by atoms with E-state index < -0.39 is 23.8 Å². The van der Waals surface area contributed by atoms with Gasteiger partial charge in [-0.1, -0.05) is 0 Å². The Morgan fingerprint density at radius 3 is 2.28 bits per heavy atom. The Morgan fingerprint density at radius 2 is 1.62 bits per heavy atom. The van der Waals surface area contributed by atoms with E-state index in [4.69, 9.17) is 0 Å². The molecule has 1 N–H and O–H groups in total. The smallest absolute Gasteiger partial charge is 0.262 e. The zero-order chi connectivity index (χ0) is 20.3. The third kappa shape index (κ3) is 2.77. The van der Waals surface area contributed by atoms with Crippen LogP contribution < -0.4 is 10.2 Å².